The van der Waals surface area contributed by atoms with Crippen LogP contribution in [0.15, 0.2) is 34.4 Å². The van der Waals surface area contributed by atoms with Crippen LogP contribution < -0.4 is 0 Å². The maximum absolute atomic E-state index is 12.4. The van der Waals surface area contributed by atoms with Crippen LogP contribution in [0.4, 0.5) is 0 Å². The fourth-order valence-corrected chi connectivity index (χ4v) is 3.46. The number of ether oxygens (including phenoxy) is 1. The molecule has 130 valence electrons. The Bertz CT molecular complexity index is 827. The Kier molecular flexibility index (Phi) is 6.04. The second-order valence-electron chi connectivity index (χ2n) is 6.18. The van der Waals surface area contributed by atoms with Crippen LogP contribution in [0.5, 0.6) is 0 Å². The van der Waals surface area contributed by atoms with E-state index >= 15 is 0 Å². The van der Waals surface area contributed by atoms with E-state index in [2.05, 4.69) is 9.97 Å². The summed E-state index contributed by atoms with van der Waals surface area (Å²) in [6.07, 6.45) is 1.65. The zero-order chi connectivity index (χ0) is 18.6. The number of nitrogens with zero attached hydrogens (tertiary/aromatic N) is 3. The van der Waals surface area contributed by atoms with Crippen LogP contribution in [0, 0.1) is 11.3 Å². The van der Waals surface area contributed by atoms with Crippen molar-refractivity contribution in [1.29, 1.82) is 5.26 Å². The molecule has 5 nitrogen and oxygen atoms in total. The Morgan fingerprint density at radius 3 is 2.64 bits per heavy atom. The highest BCUT2D eigenvalue weighted by molar-refractivity contribution is 7.99. The van der Waals surface area contributed by atoms with Crippen LogP contribution in [0.2, 0.25) is 5.02 Å². The van der Waals surface area contributed by atoms with Crippen LogP contribution in [-0.2, 0) is 10.2 Å². The summed E-state index contributed by atoms with van der Waals surface area (Å²) in [5.41, 5.74) is 0.289. The monoisotopic (exact) mass is 375 g/mol. The van der Waals surface area contributed by atoms with Gasteiger partial charge in [-0.1, -0.05) is 38.4 Å². The molecule has 0 fully saturated rings. The van der Waals surface area contributed by atoms with E-state index in [0.717, 1.165) is 0 Å². The molecule has 7 heteroatoms. The predicted octanol–water partition coefficient (Wildman–Crippen LogP) is 4.63. The SMILES string of the molecule is CCOC(=O)c1c(Cl)c(C(C)(C)C)nc(Sc2ccccn2)c1C#N. The smallest absolute Gasteiger partial charge is 0.341 e. The van der Waals surface area contributed by atoms with E-state index in [1.54, 1.807) is 19.2 Å². The quantitative estimate of drug-likeness (QED) is 0.725. The molecular weight excluding hydrogens is 358 g/mol. The number of nitriles is 1. The lowest BCUT2D eigenvalue weighted by Gasteiger charge is -2.22. The Morgan fingerprint density at radius 1 is 1.40 bits per heavy atom. The number of halogens is 1. The third-order valence-corrected chi connectivity index (χ3v) is 4.55. The second kappa shape index (κ2) is 7.85. The third-order valence-electron chi connectivity index (χ3n) is 3.25. The Balaban J connectivity index is 2.71. The van der Waals surface area contributed by atoms with Gasteiger partial charge in [-0.25, -0.2) is 14.8 Å². The van der Waals surface area contributed by atoms with Crippen molar-refractivity contribution >= 4 is 29.3 Å². The summed E-state index contributed by atoms with van der Waals surface area (Å²) in [6, 6.07) is 7.50. The van der Waals surface area contributed by atoms with Crippen LogP contribution in [0.25, 0.3) is 0 Å². The van der Waals surface area contributed by atoms with Gasteiger partial charge in [0.2, 0.25) is 0 Å². The molecule has 0 radical (unpaired) electrons. The van der Waals surface area contributed by atoms with E-state index < -0.39 is 11.4 Å². The summed E-state index contributed by atoms with van der Waals surface area (Å²) in [6.45, 7) is 7.72. The molecular formula is C18H18ClN3O2S. The largest absolute Gasteiger partial charge is 0.462 e. The van der Waals surface area contributed by atoms with Gasteiger partial charge in [-0.3, -0.25) is 0 Å². The first-order valence-corrected chi connectivity index (χ1v) is 8.89. The van der Waals surface area contributed by atoms with E-state index in [-0.39, 0.29) is 22.8 Å². The molecule has 2 aromatic rings. The first-order valence-electron chi connectivity index (χ1n) is 7.69. The molecule has 2 rings (SSSR count). The van der Waals surface area contributed by atoms with Gasteiger partial charge in [0.15, 0.2) is 0 Å². The summed E-state index contributed by atoms with van der Waals surface area (Å²) in [5, 5.41) is 10.8. The minimum absolute atomic E-state index is 0.0596. The predicted molar refractivity (Wildman–Crippen MR) is 97.0 cm³/mol. The highest BCUT2D eigenvalue weighted by atomic mass is 35.5. The minimum Gasteiger partial charge on any atom is -0.462 e. The molecule has 0 spiro atoms. The molecule has 0 bridgehead atoms. The maximum atomic E-state index is 12.4. The van der Waals surface area contributed by atoms with Crippen molar-refractivity contribution in [3.63, 3.8) is 0 Å². The number of carbonyl (C=O) groups excluding carboxylic acids is 1. The maximum Gasteiger partial charge on any atom is 0.341 e. The summed E-state index contributed by atoms with van der Waals surface area (Å²) >= 11 is 7.66. The first-order chi connectivity index (χ1) is 11.8. The first kappa shape index (κ1) is 19.2. The number of pyridine rings is 2. The zero-order valence-electron chi connectivity index (χ0n) is 14.5. The molecule has 0 saturated carbocycles. The molecule has 0 atom stereocenters. The molecule has 0 aromatic carbocycles. The molecule has 0 unspecified atom stereocenters. The number of esters is 1. The Morgan fingerprint density at radius 2 is 2.12 bits per heavy atom. The van der Waals surface area contributed by atoms with Gasteiger partial charge in [-0.2, -0.15) is 5.26 Å². The second-order valence-corrected chi connectivity index (χ2v) is 7.57. The van der Waals surface area contributed by atoms with E-state index in [4.69, 9.17) is 16.3 Å². The van der Waals surface area contributed by atoms with Gasteiger partial charge in [-0.05, 0) is 30.8 Å². The molecule has 25 heavy (non-hydrogen) atoms. The molecule has 0 N–H and O–H groups in total. The fourth-order valence-electron chi connectivity index (χ4n) is 2.12. The third kappa shape index (κ3) is 4.30. The lowest BCUT2D eigenvalue weighted by Crippen LogP contribution is -2.19. The van der Waals surface area contributed by atoms with Crippen LogP contribution in [0.3, 0.4) is 0 Å². The number of rotatable bonds is 4. The Hall–Kier alpha value is -2.10. The minimum atomic E-state index is -0.625. The number of aromatic nitrogens is 2. The normalized spacial score (nSPS) is 11.0. The van der Waals surface area contributed by atoms with E-state index in [9.17, 15) is 10.1 Å². The van der Waals surface area contributed by atoms with Crippen molar-refractivity contribution < 1.29 is 9.53 Å². The highest BCUT2D eigenvalue weighted by Gasteiger charge is 2.30. The van der Waals surface area contributed by atoms with E-state index in [1.807, 2.05) is 39.0 Å². The van der Waals surface area contributed by atoms with Gasteiger partial charge in [-0.15, -0.1) is 0 Å². The molecule has 0 aliphatic carbocycles. The van der Waals surface area contributed by atoms with Crippen molar-refractivity contribution in [2.75, 3.05) is 6.61 Å². The van der Waals surface area contributed by atoms with Gasteiger partial charge in [0, 0.05) is 11.6 Å². The highest BCUT2D eigenvalue weighted by Crippen LogP contribution is 2.38. The summed E-state index contributed by atoms with van der Waals surface area (Å²) in [7, 11) is 0. The van der Waals surface area contributed by atoms with Crippen molar-refractivity contribution in [2.24, 2.45) is 0 Å². The molecule has 2 aromatic heterocycles. The van der Waals surface area contributed by atoms with E-state index in [0.29, 0.717) is 15.7 Å². The average Bonchev–Trinajstić information content (AvgIpc) is 2.55. The Labute approximate surface area is 156 Å². The summed E-state index contributed by atoms with van der Waals surface area (Å²) < 4.78 is 5.10. The van der Waals surface area contributed by atoms with Gasteiger partial charge >= 0.3 is 5.97 Å². The van der Waals surface area contributed by atoms with E-state index in [1.165, 1.54) is 11.8 Å². The van der Waals surface area contributed by atoms with Gasteiger partial charge in [0.1, 0.15) is 27.2 Å². The summed E-state index contributed by atoms with van der Waals surface area (Å²) in [5.74, 6) is -0.625. The molecule has 0 aliphatic heterocycles. The number of hydrogen-bond donors (Lipinski definition) is 0. The van der Waals surface area contributed by atoms with Crippen LogP contribution >= 0.6 is 23.4 Å². The average molecular weight is 376 g/mol. The molecule has 0 amide bonds. The van der Waals surface area contributed by atoms with Gasteiger partial charge < -0.3 is 4.74 Å². The molecule has 0 aliphatic rings. The fraction of sp³-hybridized carbons (Fsp3) is 0.333. The van der Waals surface area contributed by atoms with Crippen molar-refractivity contribution in [2.45, 2.75) is 43.2 Å². The van der Waals surface area contributed by atoms with Gasteiger partial charge in [0.05, 0.1) is 17.3 Å². The van der Waals surface area contributed by atoms with Crippen LogP contribution in [0.1, 0.15) is 49.3 Å². The number of carbonyl (C=O) groups is 1. The van der Waals surface area contributed by atoms with Crippen molar-refractivity contribution in [3.8, 4) is 6.07 Å². The molecule has 2 heterocycles. The number of hydrogen-bond acceptors (Lipinski definition) is 6. The lowest BCUT2D eigenvalue weighted by molar-refractivity contribution is 0.0525. The zero-order valence-corrected chi connectivity index (χ0v) is 16.0. The van der Waals surface area contributed by atoms with Crippen molar-refractivity contribution in [1.82, 2.24) is 9.97 Å². The van der Waals surface area contributed by atoms with Crippen LogP contribution in [-0.4, -0.2) is 22.5 Å². The van der Waals surface area contributed by atoms with Gasteiger partial charge in [0.25, 0.3) is 0 Å². The van der Waals surface area contributed by atoms with Crippen molar-refractivity contribution in [3.05, 3.63) is 46.2 Å². The topological polar surface area (TPSA) is 75.9 Å². The summed E-state index contributed by atoms with van der Waals surface area (Å²) in [4.78, 5) is 21.2. The lowest BCUT2D eigenvalue weighted by atomic mass is 9.90. The standard InChI is InChI=1S/C18H18ClN3O2S/c1-5-24-17(23)13-11(10-20)16(25-12-8-6-7-9-21-12)22-15(14(13)19)18(2,3)4/h6-9H,5H2,1-4H3. The molecule has 0 saturated heterocycles.